The average molecular weight is 519 g/mol. The molecule has 2 rings (SSSR count). The number of nitrogens with one attached hydrogen (secondary N) is 4. The van der Waals surface area contributed by atoms with Gasteiger partial charge in [-0.05, 0) is 25.0 Å². The minimum Gasteiger partial charge on any atom is -0.481 e. The molecule has 0 aliphatic carbocycles. The van der Waals surface area contributed by atoms with Crippen LogP contribution in [-0.2, 0) is 35.2 Å². The maximum Gasteiger partial charge on any atom is 0.326 e. The first-order valence-electron chi connectivity index (χ1n) is 11.3. The van der Waals surface area contributed by atoms with Gasteiger partial charge < -0.3 is 42.6 Å². The molecule has 14 nitrogen and oxygen atoms in total. The number of aromatic nitrogens is 1. The highest BCUT2D eigenvalue weighted by Gasteiger charge is 2.30. The number of benzene rings is 1. The van der Waals surface area contributed by atoms with Crippen LogP contribution in [0, 0.1) is 0 Å². The van der Waals surface area contributed by atoms with Crippen LogP contribution in [0.1, 0.15) is 31.7 Å². The SMILES string of the molecule is CC(NC(=O)C(CC(=O)O)NC(=O)C(N)CCC(N)=O)C(=O)NC(Cc1c[nH]c2ccccc12)C(=O)O. The van der Waals surface area contributed by atoms with E-state index < -0.39 is 66.2 Å². The molecule has 0 aliphatic heterocycles. The van der Waals surface area contributed by atoms with Crippen LogP contribution in [0.15, 0.2) is 30.5 Å². The zero-order valence-electron chi connectivity index (χ0n) is 20.0. The molecule has 4 atom stereocenters. The summed E-state index contributed by atoms with van der Waals surface area (Å²) in [5.74, 6) is -6.11. The Kier molecular flexibility index (Phi) is 10.1. The van der Waals surface area contributed by atoms with E-state index in [1.165, 1.54) is 6.92 Å². The van der Waals surface area contributed by atoms with Crippen LogP contribution in [0.4, 0.5) is 0 Å². The van der Waals surface area contributed by atoms with Crippen molar-refractivity contribution in [3.05, 3.63) is 36.0 Å². The number of hydrogen-bond acceptors (Lipinski definition) is 7. The minimum atomic E-state index is -1.58. The standard InChI is InChI=1S/C23H30N6O8/c1-11(27-22(35)16(9-19(31)32)28-21(34)14(24)6-7-18(25)30)20(33)29-17(23(36)37)8-12-10-26-15-5-3-2-4-13(12)15/h2-5,10-11,14,16-17,26H,6-9,24H2,1H3,(H2,25,30)(H,27,35)(H,28,34)(H,29,33)(H,31,32)(H,36,37). The van der Waals surface area contributed by atoms with Crippen molar-refractivity contribution in [2.45, 2.75) is 56.8 Å². The van der Waals surface area contributed by atoms with Crippen LogP contribution in [0.25, 0.3) is 10.9 Å². The van der Waals surface area contributed by atoms with Gasteiger partial charge in [0.2, 0.25) is 23.6 Å². The fourth-order valence-electron chi connectivity index (χ4n) is 3.49. The largest absolute Gasteiger partial charge is 0.481 e. The van der Waals surface area contributed by atoms with E-state index in [4.69, 9.17) is 16.6 Å². The number of aliphatic carboxylic acids is 2. The number of carboxylic acids is 2. The third kappa shape index (κ3) is 8.61. The van der Waals surface area contributed by atoms with Crippen LogP contribution >= 0.6 is 0 Å². The van der Waals surface area contributed by atoms with E-state index in [0.717, 1.165) is 10.9 Å². The van der Waals surface area contributed by atoms with Crippen LogP contribution in [-0.4, -0.2) is 74.9 Å². The molecule has 1 aromatic carbocycles. The Morgan fingerprint density at radius 3 is 2.22 bits per heavy atom. The summed E-state index contributed by atoms with van der Waals surface area (Å²) in [6.07, 6.45) is 0.490. The number of carboxylic acid groups (broad SMARTS) is 2. The third-order valence-electron chi connectivity index (χ3n) is 5.52. The lowest BCUT2D eigenvalue weighted by Gasteiger charge is -2.22. The van der Waals surface area contributed by atoms with Gasteiger partial charge in [0.15, 0.2) is 0 Å². The molecule has 4 amide bonds. The number of fused-ring (bicyclic) bond motifs is 1. The molecular weight excluding hydrogens is 488 g/mol. The number of para-hydroxylation sites is 1. The summed E-state index contributed by atoms with van der Waals surface area (Å²) in [7, 11) is 0. The molecule has 2 aromatic rings. The number of hydrogen-bond donors (Lipinski definition) is 8. The van der Waals surface area contributed by atoms with Crippen LogP contribution in [0.5, 0.6) is 0 Å². The van der Waals surface area contributed by atoms with Crippen LogP contribution < -0.4 is 27.4 Å². The second-order valence-electron chi connectivity index (χ2n) is 8.46. The van der Waals surface area contributed by atoms with Gasteiger partial charge >= 0.3 is 11.9 Å². The van der Waals surface area contributed by atoms with Gasteiger partial charge in [0, 0.05) is 29.9 Å². The lowest BCUT2D eigenvalue weighted by atomic mass is 10.0. The second-order valence-corrected chi connectivity index (χ2v) is 8.46. The van der Waals surface area contributed by atoms with Crippen molar-refractivity contribution in [3.63, 3.8) is 0 Å². The van der Waals surface area contributed by atoms with Gasteiger partial charge in [-0.25, -0.2) is 4.79 Å². The van der Waals surface area contributed by atoms with Gasteiger partial charge in [-0.1, -0.05) is 18.2 Å². The van der Waals surface area contributed by atoms with E-state index in [1.54, 1.807) is 18.3 Å². The molecular formula is C23H30N6O8. The second kappa shape index (κ2) is 13.0. The van der Waals surface area contributed by atoms with E-state index in [-0.39, 0.29) is 19.3 Å². The molecule has 0 fully saturated rings. The first-order valence-corrected chi connectivity index (χ1v) is 11.3. The van der Waals surface area contributed by atoms with Crippen molar-refractivity contribution in [2.75, 3.05) is 0 Å². The molecule has 1 aromatic heterocycles. The predicted octanol–water partition coefficient (Wildman–Crippen LogP) is -1.66. The molecule has 0 spiro atoms. The predicted molar refractivity (Wildman–Crippen MR) is 130 cm³/mol. The van der Waals surface area contributed by atoms with E-state index in [0.29, 0.717) is 5.56 Å². The maximum atomic E-state index is 12.6. The molecule has 200 valence electrons. The highest BCUT2D eigenvalue weighted by Crippen LogP contribution is 2.19. The lowest BCUT2D eigenvalue weighted by molar-refractivity contribution is -0.143. The molecule has 1 heterocycles. The smallest absolute Gasteiger partial charge is 0.326 e. The minimum absolute atomic E-state index is 0.0351. The third-order valence-corrected chi connectivity index (χ3v) is 5.52. The molecule has 0 saturated carbocycles. The van der Waals surface area contributed by atoms with E-state index in [1.807, 2.05) is 12.1 Å². The Hall–Kier alpha value is -4.46. The van der Waals surface area contributed by atoms with Crippen molar-refractivity contribution in [1.29, 1.82) is 0 Å². The number of H-pyrrole nitrogens is 1. The number of carbonyl (C=O) groups excluding carboxylic acids is 4. The summed E-state index contributed by atoms with van der Waals surface area (Å²) >= 11 is 0. The molecule has 14 heteroatoms. The van der Waals surface area contributed by atoms with E-state index in [9.17, 15) is 33.9 Å². The summed E-state index contributed by atoms with van der Waals surface area (Å²) in [6, 6.07) is 1.85. The highest BCUT2D eigenvalue weighted by atomic mass is 16.4. The number of primary amides is 1. The molecule has 10 N–H and O–H groups in total. The van der Waals surface area contributed by atoms with Crippen molar-refractivity contribution in [1.82, 2.24) is 20.9 Å². The van der Waals surface area contributed by atoms with Crippen LogP contribution in [0.2, 0.25) is 0 Å². The molecule has 0 bridgehead atoms. The number of carbonyl (C=O) groups is 6. The Morgan fingerprint density at radius 1 is 0.946 bits per heavy atom. The van der Waals surface area contributed by atoms with Gasteiger partial charge in [-0.2, -0.15) is 0 Å². The normalized spacial score (nSPS) is 14.1. The van der Waals surface area contributed by atoms with E-state index in [2.05, 4.69) is 20.9 Å². The fraction of sp³-hybridized carbons (Fsp3) is 0.391. The van der Waals surface area contributed by atoms with Crippen molar-refractivity contribution < 1.29 is 39.0 Å². The Morgan fingerprint density at radius 2 is 1.59 bits per heavy atom. The highest BCUT2D eigenvalue weighted by molar-refractivity contribution is 5.95. The molecule has 0 aliphatic rings. The zero-order valence-corrected chi connectivity index (χ0v) is 20.0. The summed E-state index contributed by atoms with van der Waals surface area (Å²) in [5, 5.41) is 26.3. The molecule has 37 heavy (non-hydrogen) atoms. The summed E-state index contributed by atoms with van der Waals surface area (Å²) in [4.78, 5) is 74.4. The summed E-state index contributed by atoms with van der Waals surface area (Å²) in [6.45, 7) is 1.27. The average Bonchev–Trinajstić information content (AvgIpc) is 3.23. The van der Waals surface area contributed by atoms with Gasteiger partial charge in [0.1, 0.15) is 18.1 Å². The van der Waals surface area contributed by atoms with Gasteiger partial charge in [0.05, 0.1) is 12.5 Å². The number of rotatable bonds is 14. The first-order chi connectivity index (χ1) is 17.4. The monoisotopic (exact) mass is 518 g/mol. The Labute approximate surface area is 211 Å². The van der Waals surface area contributed by atoms with Crippen molar-refractivity contribution in [3.8, 4) is 0 Å². The van der Waals surface area contributed by atoms with Crippen molar-refractivity contribution >= 4 is 46.5 Å². The quantitative estimate of drug-likeness (QED) is 0.142. The Balaban J connectivity index is 2.02. The molecule has 0 radical (unpaired) electrons. The van der Waals surface area contributed by atoms with Gasteiger partial charge in [0.25, 0.3) is 0 Å². The lowest BCUT2D eigenvalue weighted by Crippen LogP contribution is -2.57. The molecule has 4 unspecified atom stereocenters. The summed E-state index contributed by atoms with van der Waals surface area (Å²) < 4.78 is 0. The summed E-state index contributed by atoms with van der Waals surface area (Å²) in [5.41, 5.74) is 12.1. The number of nitrogens with two attached hydrogens (primary N) is 2. The topological polar surface area (TPSA) is 247 Å². The van der Waals surface area contributed by atoms with Gasteiger partial charge in [-0.15, -0.1) is 0 Å². The number of aromatic amines is 1. The maximum absolute atomic E-state index is 12.6. The van der Waals surface area contributed by atoms with Crippen LogP contribution in [0.3, 0.4) is 0 Å². The van der Waals surface area contributed by atoms with Gasteiger partial charge in [-0.3, -0.25) is 24.0 Å². The molecule has 0 saturated heterocycles. The zero-order chi connectivity index (χ0) is 27.7. The van der Waals surface area contributed by atoms with Crippen molar-refractivity contribution in [2.24, 2.45) is 11.5 Å². The Bertz CT molecular complexity index is 1180. The fourth-order valence-corrected chi connectivity index (χ4v) is 3.49. The first kappa shape index (κ1) is 28.8. The van der Waals surface area contributed by atoms with E-state index >= 15 is 0 Å². The number of amides is 4.